The van der Waals surface area contributed by atoms with Gasteiger partial charge < -0.3 is 0 Å². The minimum atomic E-state index is 0.0222. The number of aromatic nitrogens is 2. The first-order valence-corrected chi connectivity index (χ1v) is 7.94. The molecule has 114 valence electrons. The molecule has 3 nitrogen and oxygen atoms in total. The molecule has 0 aliphatic heterocycles. The van der Waals surface area contributed by atoms with E-state index in [9.17, 15) is 4.79 Å². The van der Waals surface area contributed by atoms with Gasteiger partial charge in [0, 0.05) is 11.1 Å². The van der Waals surface area contributed by atoms with Crippen molar-refractivity contribution in [3.8, 4) is 5.69 Å². The molecule has 0 saturated heterocycles. The minimum absolute atomic E-state index is 0.0222. The van der Waals surface area contributed by atoms with Crippen LogP contribution in [0.1, 0.15) is 0 Å². The van der Waals surface area contributed by atoms with Crippen LogP contribution in [0.5, 0.6) is 0 Å². The topological polar surface area (TPSA) is 26.4 Å². The third-order valence-corrected chi connectivity index (χ3v) is 4.51. The van der Waals surface area contributed by atoms with Crippen molar-refractivity contribution < 1.29 is 0 Å². The van der Waals surface area contributed by atoms with E-state index >= 15 is 0 Å². The van der Waals surface area contributed by atoms with Crippen molar-refractivity contribution in [1.29, 1.82) is 0 Å². The van der Waals surface area contributed by atoms with Crippen molar-refractivity contribution in [1.82, 2.24) is 8.97 Å². The summed E-state index contributed by atoms with van der Waals surface area (Å²) in [4.78, 5) is 13.1. The van der Waals surface area contributed by atoms with E-state index in [-0.39, 0.29) is 5.56 Å². The Morgan fingerprint density at radius 2 is 1.33 bits per heavy atom. The Hall–Kier alpha value is -3.33. The Labute approximate surface area is 138 Å². The first-order chi connectivity index (χ1) is 11.8. The maximum Gasteiger partial charge on any atom is 0.266 e. The summed E-state index contributed by atoms with van der Waals surface area (Å²) >= 11 is 0. The Morgan fingerprint density at radius 3 is 2.17 bits per heavy atom. The zero-order chi connectivity index (χ0) is 16.1. The average molecular weight is 310 g/mol. The summed E-state index contributed by atoms with van der Waals surface area (Å²) in [5.41, 5.74) is 3.80. The van der Waals surface area contributed by atoms with Gasteiger partial charge in [-0.3, -0.25) is 13.8 Å². The summed E-state index contributed by atoms with van der Waals surface area (Å²) in [5.74, 6) is 0. The zero-order valence-corrected chi connectivity index (χ0v) is 12.9. The van der Waals surface area contributed by atoms with Gasteiger partial charge in [0.05, 0.1) is 16.4 Å². The van der Waals surface area contributed by atoms with Crippen LogP contribution in [0.25, 0.3) is 33.1 Å². The molecule has 0 aliphatic rings. The van der Waals surface area contributed by atoms with Crippen molar-refractivity contribution >= 4 is 27.5 Å². The molecule has 0 bridgehead atoms. The van der Waals surface area contributed by atoms with Crippen LogP contribution in [0, 0.1) is 0 Å². The van der Waals surface area contributed by atoms with Crippen molar-refractivity contribution in [3.63, 3.8) is 0 Å². The molecule has 0 amide bonds. The van der Waals surface area contributed by atoms with Gasteiger partial charge in [0.15, 0.2) is 0 Å². The summed E-state index contributed by atoms with van der Waals surface area (Å²) in [6.45, 7) is 0. The van der Waals surface area contributed by atoms with Crippen LogP contribution in [-0.4, -0.2) is 8.97 Å². The van der Waals surface area contributed by atoms with Crippen LogP contribution in [0.2, 0.25) is 0 Å². The van der Waals surface area contributed by atoms with Gasteiger partial charge in [-0.15, -0.1) is 0 Å². The van der Waals surface area contributed by atoms with E-state index in [0.717, 1.165) is 33.1 Å². The van der Waals surface area contributed by atoms with Crippen LogP contribution < -0.4 is 5.56 Å². The number of hydrogen-bond acceptors (Lipinski definition) is 1. The summed E-state index contributed by atoms with van der Waals surface area (Å²) in [6, 6.07) is 28.0. The second-order valence-electron chi connectivity index (χ2n) is 5.89. The SMILES string of the molecule is O=c1c2ccccc2n(-c2ccccc2)c2cc3ccccc3n12. The van der Waals surface area contributed by atoms with E-state index in [2.05, 4.69) is 22.8 Å². The molecule has 3 aromatic carbocycles. The highest BCUT2D eigenvalue weighted by Gasteiger charge is 2.14. The monoisotopic (exact) mass is 310 g/mol. The van der Waals surface area contributed by atoms with E-state index in [1.54, 1.807) is 0 Å². The average Bonchev–Trinajstić information content (AvgIpc) is 3.02. The zero-order valence-electron chi connectivity index (χ0n) is 12.9. The number of para-hydroxylation sites is 3. The molecule has 0 N–H and O–H groups in total. The predicted octanol–water partition coefficient (Wildman–Crippen LogP) is 4.40. The molecule has 0 atom stereocenters. The van der Waals surface area contributed by atoms with Crippen LogP contribution in [0.15, 0.2) is 89.7 Å². The van der Waals surface area contributed by atoms with Crippen LogP contribution >= 0.6 is 0 Å². The van der Waals surface area contributed by atoms with Gasteiger partial charge in [0.2, 0.25) is 0 Å². The van der Waals surface area contributed by atoms with Gasteiger partial charge in [-0.25, -0.2) is 0 Å². The maximum atomic E-state index is 13.1. The molecule has 0 aliphatic carbocycles. The first-order valence-electron chi connectivity index (χ1n) is 7.94. The number of rotatable bonds is 1. The molecular formula is C21H14N2O. The molecule has 2 aromatic heterocycles. The maximum absolute atomic E-state index is 13.1. The van der Waals surface area contributed by atoms with Crippen molar-refractivity contribution in [2.45, 2.75) is 0 Å². The standard InChI is InChI=1S/C21H14N2O/c24-21-17-11-5-7-13-19(17)22(16-9-2-1-3-10-16)20-14-15-8-4-6-12-18(15)23(20)21/h1-14H. The quantitative estimate of drug-likeness (QED) is 0.451. The summed E-state index contributed by atoms with van der Waals surface area (Å²) in [5, 5.41) is 1.78. The summed E-state index contributed by atoms with van der Waals surface area (Å²) in [6.07, 6.45) is 0. The molecule has 5 aromatic rings. The van der Waals surface area contributed by atoms with E-state index < -0.39 is 0 Å². The van der Waals surface area contributed by atoms with Crippen molar-refractivity contribution in [2.24, 2.45) is 0 Å². The van der Waals surface area contributed by atoms with E-state index in [1.165, 1.54) is 0 Å². The molecule has 3 heteroatoms. The molecule has 0 fully saturated rings. The Morgan fingerprint density at radius 1 is 0.667 bits per heavy atom. The smallest absolute Gasteiger partial charge is 0.266 e. The van der Waals surface area contributed by atoms with Gasteiger partial charge >= 0.3 is 0 Å². The molecule has 5 rings (SSSR count). The van der Waals surface area contributed by atoms with Gasteiger partial charge in [0.25, 0.3) is 5.56 Å². The molecule has 24 heavy (non-hydrogen) atoms. The first kappa shape index (κ1) is 13.1. The largest absolute Gasteiger partial charge is 0.295 e. The third kappa shape index (κ3) is 1.69. The highest BCUT2D eigenvalue weighted by atomic mass is 16.1. The molecule has 0 radical (unpaired) electrons. The highest BCUT2D eigenvalue weighted by Crippen LogP contribution is 2.25. The fraction of sp³-hybridized carbons (Fsp3) is 0. The Kier molecular flexibility index (Phi) is 2.65. The van der Waals surface area contributed by atoms with Crippen LogP contribution in [-0.2, 0) is 0 Å². The van der Waals surface area contributed by atoms with E-state index in [0.29, 0.717) is 0 Å². The Bertz CT molecular complexity index is 1260. The number of nitrogens with zero attached hydrogens (tertiary/aromatic N) is 2. The van der Waals surface area contributed by atoms with E-state index in [1.807, 2.05) is 71.1 Å². The van der Waals surface area contributed by atoms with Gasteiger partial charge in [-0.05, 0) is 36.4 Å². The molecule has 0 unspecified atom stereocenters. The fourth-order valence-corrected chi connectivity index (χ4v) is 3.46. The second kappa shape index (κ2) is 4.83. The van der Waals surface area contributed by atoms with Gasteiger partial charge in [-0.2, -0.15) is 0 Å². The number of hydrogen-bond donors (Lipinski definition) is 0. The van der Waals surface area contributed by atoms with Crippen LogP contribution in [0.3, 0.4) is 0 Å². The highest BCUT2D eigenvalue weighted by molar-refractivity contribution is 5.91. The third-order valence-electron chi connectivity index (χ3n) is 4.51. The van der Waals surface area contributed by atoms with Gasteiger partial charge in [-0.1, -0.05) is 48.5 Å². The van der Waals surface area contributed by atoms with Crippen LogP contribution in [0.4, 0.5) is 0 Å². The molecule has 0 spiro atoms. The summed E-state index contributed by atoms with van der Waals surface area (Å²) in [7, 11) is 0. The number of benzene rings is 3. The normalized spacial score (nSPS) is 11.5. The lowest BCUT2D eigenvalue weighted by atomic mass is 10.2. The Balaban J connectivity index is 2.13. The lowest BCUT2D eigenvalue weighted by Gasteiger charge is -2.14. The number of fused-ring (bicyclic) bond motifs is 4. The lowest BCUT2D eigenvalue weighted by molar-refractivity contribution is 1.05. The summed E-state index contributed by atoms with van der Waals surface area (Å²) < 4.78 is 3.96. The van der Waals surface area contributed by atoms with Crippen molar-refractivity contribution in [3.05, 3.63) is 95.3 Å². The van der Waals surface area contributed by atoms with E-state index in [4.69, 9.17) is 0 Å². The fourth-order valence-electron chi connectivity index (χ4n) is 3.46. The lowest BCUT2D eigenvalue weighted by Crippen LogP contribution is -2.17. The predicted molar refractivity (Wildman–Crippen MR) is 98.0 cm³/mol. The van der Waals surface area contributed by atoms with Crippen molar-refractivity contribution in [2.75, 3.05) is 0 Å². The second-order valence-corrected chi connectivity index (χ2v) is 5.89. The minimum Gasteiger partial charge on any atom is -0.295 e. The molecule has 0 saturated carbocycles. The molecular weight excluding hydrogens is 296 g/mol. The van der Waals surface area contributed by atoms with Gasteiger partial charge in [0.1, 0.15) is 5.65 Å². The molecule has 2 heterocycles.